The summed E-state index contributed by atoms with van der Waals surface area (Å²) in [7, 11) is 0. The monoisotopic (exact) mass is 306 g/mol. The summed E-state index contributed by atoms with van der Waals surface area (Å²) in [5, 5.41) is 0. The van der Waals surface area contributed by atoms with Gasteiger partial charge in [0.25, 0.3) is 0 Å². The van der Waals surface area contributed by atoms with E-state index in [0.29, 0.717) is 0 Å². The second-order valence-electron chi connectivity index (χ2n) is 2.89. The summed E-state index contributed by atoms with van der Waals surface area (Å²) >= 11 is 4.25. The van der Waals surface area contributed by atoms with Crippen molar-refractivity contribution in [1.29, 1.82) is 0 Å². The van der Waals surface area contributed by atoms with Crippen molar-refractivity contribution in [3.8, 4) is 5.75 Å². The van der Waals surface area contributed by atoms with Crippen LogP contribution in [0.3, 0.4) is 0 Å². The van der Waals surface area contributed by atoms with Crippen LogP contribution < -0.4 is 4.74 Å². The number of halogens is 1. The molecule has 0 saturated carbocycles. The molecule has 0 atom stereocenters. The zero-order valence-electron chi connectivity index (χ0n) is 8.85. The first-order chi connectivity index (χ1) is 6.84. The molecule has 0 saturated heterocycles. The van der Waals surface area contributed by atoms with Crippen molar-refractivity contribution < 1.29 is 21.1 Å². The number of rotatable bonds is 4. The van der Waals surface area contributed by atoms with E-state index < -0.39 is 0 Å². The first-order valence-corrected chi connectivity index (χ1v) is 11.7. The molecule has 0 aliphatic heterocycles. The van der Waals surface area contributed by atoms with E-state index >= 15 is 0 Å². The minimum absolute atomic E-state index is 0.815. The molecule has 0 aromatic heterocycles. The molecule has 0 unspecified atom stereocenters. The first kappa shape index (κ1) is 14.1. The number of benzene rings is 1. The van der Waals surface area contributed by atoms with E-state index in [1.807, 2.05) is 18.2 Å². The Morgan fingerprint density at radius 2 is 2.21 bits per heavy atom. The van der Waals surface area contributed by atoms with Gasteiger partial charge in [-0.15, -0.1) is 11.6 Å². The third kappa shape index (κ3) is 5.77. The number of hydrogen-bond donors (Lipinski definition) is 0. The van der Waals surface area contributed by atoms with E-state index in [1.54, 1.807) is 0 Å². The van der Waals surface area contributed by atoms with Crippen LogP contribution in [0.5, 0.6) is 5.75 Å². The third-order valence-electron chi connectivity index (χ3n) is 1.79. The maximum atomic E-state index is 5.55. The standard InChI is InChI=1S/C11H15O.BrH.Zn/c1-3-4-9-12-11-8-6-5-7-10(11)2;;/h5,7-8H,3-4,9H2,1-2H3;1H;/q-1;;+2/p-1. The summed E-state index contributed by atoms with van der Waals surface area (Å²) < 4.78 is 5.55. The fourth-order valence-electron chi connectivity index (χ4n) is 0.975. The molecule has 1 nitrogen and oxygen atoms in total. The van der Waals surface area contributed by atoms with Gasteiger partial charge in [0.05, 0.1) is 6.61 Å². The molecule has 0 spiro atoms. The van der Waals surface area contributed by atoms with Gasteiger partial charge in [-0.1, -0.05) is 20.3 Å². The van der Waals surface area contributed by atoms with Crippen LogP contribution in [0.25, 0.3) is 0 Å². The summed E-state index contributed by atoms with van der Waals surface area (Å²) in [4.78, 5) is 0. The summed E-state index contributed by atoms with van der Waals surface area (Å²) in [5.41, 5.74) is 1.19. The van der Waals surface area contributed by atoms with Crippen LogP contribution >= 0.6 is 13.6 Å². The number of ether oxygens (including phenoxy) is 1. The van der Waals surface area contributed by atoms with Gasteiger partial charge < -0.3 is 4.74 Å². The number of unbranched alkanes of at least 4 members (excludes halogenated alkanes) is 1. The molecule has 0 bridgehead atoms. The van der Waals surface area contributed by atoms with Gasteiger partial charge in [-0.25, -0.2) is 0 Å². The molecular weight excluding hydrogens is 293 g/mol. The van der Waals surface area contributed by atoms with Crippen LogP contribution in [0.1, 0.15) is 25.3 Å². The van der Waals surface area contributed by atoms with Crippen molar-refractivity contribution in [3.63, 3.8) is 0 Å². The topological polar surface area (TPSA) is 9.23 Å². The molecular formula is C11H15BrOZn. The Morgan fingerprint density at radius 1 is 1.50 bits per heavy atom. The van der Waals surface area contributed by atoms with Gasteiger partial charge in [0.15, 0.2) is 0 Å². The summed E-state index contributed by atoms with van der Waals surface area (Å²) in [6.45, 7) is 5.03. The van der Waals surface area contributed by atoms with Crippen molar-refractivity contribution in [2.75, 3.05) is 6.61 Å². The fraction of sp³-hybridized carbons (Fsp3) is 0.455. The van der Waals surface area contributed by atoms with Crippen LogP contribution in [0.4, 0.5) is 0 Å². The summed E-state index contributed by atoms with van der Waals surface area (Å²) in [6.07, 6.45) is 2.30. The first-order valence-electron chi connectivity index (χ1n) is 4.71. The van der Waals surface area contributed by atoms with E-state index in [1.165, 1.54) is 28.3 Å². The van der Waals surface area contributed by atoms with Crippen LogP contribution in [0, 0.1) is 13.0 Å². The van der Waals surface area contributed by atoms with Crippen molar-refractivity contribution in [2.24, 2.45) is 0 Å². The average Bonchev–Trinajstić information content (AvgIpc) is 2.24. The molecule has 14 heavy (non-hydrogen) atoms. The van der Waals surface area contributed by atoms with Gasteiger partial charge >= 0.3 is 30.0 Å². The van der Waals surface area contributed by atoms with Gasteiger partial charge in [-0.05, 0) is 6.42 Å². The quantitative estimate of drug-likeness (QED) is 0.467. The number of hydrogen-bond acceptors (Lipinski definition) is 1. The molecule has 0 fully saturated rings. The van der Waals surface area contributed by atoms with Crippen LogP contribution in [-0.2, 0) is 16.3 Å². The Kier molecular flexibility index (Phi) is 9.75. The maximum absolute atomic E-state index is 5.55. The molecule has 0 N–H and O–H groups in total. The number of aryl methyl sites for hydroxylation is 1. The van der Waals surface area contributed by atoms with Gasteiger partial charge in [0.2, 0.25) is 0 Å². The van der Waals surface area contributed by atoms with Crippen molar-refractivity contribution >= 4 is 13.6 Å². The molecule has 0 heterocycles. The summed E-state index contributed by atoms with van der Waals surface area (Å²) in [6, 6.07) is 8.82. The predicted octanol–water partition coefficient (Wildman–Crippen LogP) is 3.82. The Balaban J connectivity index is 0.000000791. The molecule has 3 heteroatoms. The molecule has 0 aliphatic carbocycles. The molecule has 0 radical (unpaired) electrons. The van der Waals surface area contributed by atoms with Crippen molar-refractivity contribution in [3.05, 3.63) is 29.8 Å². The van der Waals surface area contributed by atoms with Crippen molar-refractivity contribution in [2.45, 2.75) is 26.7 Å². The molecule has 1 aromatic rings. The van der Waals surface area contributed by atoms with E-state index in [2.05, 4.69) is 33.5 Å². The molecule has 1 aromatic carbocycles. The second-order valence-corrected chi connectivity index (χ2v) is 2.89. The van der Waals surface area contributed by atoms with E-state index in [-0.39, 0.29) is 0 Å². The van der Waals surface area contributed by atoms with Crippen LogP contribution in [0.15, 0.2) is 18.2 Å². The Hall–Kier alpha value is 0.123. The fourth-order valence-corrected chi connectivity index (χ4v) is 0.975. The van der Waals surface area contributed by atoms with Gasteiger partial charge in [-0.3, -0.25) is 0 Å². The SMILES string of the molecule is CCCCOc1c[c-]ccc1C.[Zn+][Br]. The van der Waals surface area contributed by atoms with Crippen LogP contribution in [0.2, 0.25) is 0 Å². The zero-order chi connectivity index (χ0) is 10.8. The van der Waals surface area contributed by atoms with E-state index in [9.17, 15) is 0 Å². The van der Waals surface area contributed by atoms with Crippen molar-refractivity contribution in [1.82, 2.24) is 0 Å². The minimum atomic E-state index is 0.815. The Labute approximate surface area is 103 Å². The van der Waals surface area contributed by atoms with E-state index in [4.69, 9.17) is 4.74 Å². The van der Waals surface area contributed by atoms with E-state index in [0.717, 1.165) is 18.8 Å². The Morgan fingerprint density at radius 3 is 2.79 bits per heavy atom. The molecule has 0 amide bonds. The molecule has 1 rings (SSSR count). The zero-order valence-corrected chi connectivity index (χ0v) is 13.4. The predicted molar refractivity (Wildman–Crippen MR) is 59.3 cm³/mol. The van der Waals surface area contributed by atoms with Gasteiger partial charge in [0, 0.05) is 5.75 Å². The normalized spacial score (nSPS) is 8.93. The molecule has 74 valence electrons. The van der Waals surface area contributed by atoms with Crippen LogP contribution in [-0.4, -0.2) is 6.61 Å². The third-order valence-corrected chi connectivity index (χ3v) is 1.79. The summed E-state index contributed by atoms with van der Waals surface area (Å²) in [5.74, 6) is 0.964. The second kappa shape index (κ2) is 9.67. The Bertz CT molecular complexity index is 240. The average molecular weight is 309 g/mol. The van der Waals surface area contributed by atoms with Gasteiger partial charge in [0.1, 0.15) is 0 Å². The molecule has 0 aliphatic rings. The van der Waals surface area contributed by atoms with Gasteiger partial charge in [-0.2, -0.15) is 18.2 Å².